The van der Waals surface area contributed by atoms with Crippen LogP contribution in [0.2, 0.25) is 5.02 Å². The first-order valence-electron chi connectivity index (χ1n) is 5.85. The number of nitrogens with zero attached hydrogens (tertiary/aromatic N) is 1. The minimum atomic E-state index is -0.943. The van der Waals surface area contributed by atoms with E-state index >= 15 is 0 Å². The van der Waals surface area contributed by atoms with E-state index < -0.39 is 11.9 Å². The van der Waals surface area contributed by atoms with Gasteiger partial charge in [-0.15, -0.1) is 0 Å². The lowest BCUT2D eigenvalue weighted by Crippen LogP contribution is -2.26. The average Bonchev–Trinajstić information content (AvgIpc) is 2.74. The minimum Gasteiger partial charge on any atom is -0.496 e. The van der Waals surface area contributed by atoms with Crippen LogP contribution in [0.5, 0.6) is 5.75 Å². The van der Waals surface area contributed by atoms with Gasteiger partial charge in [0.1, 0.15) is 5.75 Å². The monoisotopic (exact) mass is 283 g/mol. The molecule has 0 bridgehead atoms. The van der Waals surface area contributed by atoms with E-state index in [4.69, 9.17) is 21.4 Å². The second-order valence-corrected chi connectivity index (χ2v) is 4.84. The van der Waals surface area contributed by atoms with Crippen molar-refractivity contribution in [3.8, 4) is 5.75 Å². The van der Waals surface area contributed by atoms with E-state index in [1.165, 1.54) is 12.0 Å². The highest BCUT2D eigenvalue weighted by atomic mass is 35.5. The van der Waals surface area contributed by atoms with Crippen LogP contribution in [0.15, 0.2) is 18.2 Å². The third-order valence-corrected chi connectivity index (χ3v) is 3.56. The van der Waals surface area contributed by atoms with Crippen LogP contribution in [0.4, 0.5) is 0 Å². The fourth-order valence-corrected chi connectivity index (χ4v) is 2.39. The van der Waals surface area contributed by atoms with Crippen LogP contribution in [0, 0.1) is 5.92 Å². The van der Waals surface area contributed by atoms with Gasteiger partial charge in [0.25, 0.3) is 0 Å². The van der Waals surface area contributed by atoms with Crippen LogP contribution in [-0.4, -0.2) is 35.5 Å². The van der Waals surface area contributed by atoms with Gasteiger partial charge in [-0.05, 0) is 12.1 Å². The van der Waals surface area contributed by atoms with Crippen LogP contribution in [-0.2, 0) is 16.1 Å². The van der Waals surface area contributed by atoms with E-state index in [2.05, 4.69) is 0 Å². The van der Waals surface area contributed by atoms with Gasteiger partial charge >= 0.3 is 5.97 Å². The number of ether oxygens (including phenoxy) is 1. The Bertz CT molecular complexity index is 517. The maximum absolute atomic E-state index is 11.8. The second kappa shape index (κ2) is 5.48. The molecule has 0 saturated carbocycles. The molecule has 1 N–H and O–H groups in total. The van der Waals surface area contributed by atoms with Crippen LogP contribution >= 0.6 is 11.6 Å². The summed E-state index contributed by atoms with van der Waals surface area (Å²) in [6, 6.07) is 5.24. The molecule has 1 amide bonds. The SMILES string of the molecule is COc1cccc(Cl)c1CN1CC(C(=O)O)CC1=O. The Kier molecular flexibility index (Phi) is 3.95. The number of hydrogen-bond acceptors (Lipinski definition) is 3. The molecular formula is C13H14ClNO4. The first-order chi connectivity index (χ1) is 9.02. The number of carboxylic acids is 1. The molecule has 0 radical (unpaired) electrons. The molecule has 5 nitrogen and oxygen atoms in total. The number of benzene rings is 1. The molecule has 1 aromatic rings. The largest absolute Gasteiger partial charge is 0.496 e. The Balaban J connectivity index is 2.18. The molecule has 0 aliphatic carbocycles. The Morgan fingerprint density at radius 2 is 2.32 bits per heavy atom. The van der Waals surface area contributed by atoms with E-state index in [0.717, 1.165) is 0 Å². The van der Waals surface area contributed by atoms with Crippen molar-refractivity contribution in [3.05, 3.63) is 28.8 Å². The topological polar surface area (TPSA) is 66.8 Å². The summed E-state index contributed by atoms with van der Waals surface area (Å²) >= 11 is 6.10. The van der Waals surface area contributed by atoms with E-state index in [1.54, 1.807) is 18.2 Å². The molecule has 1 aromatic carbocycles. The summed E-state index contributed by atoms with van der Waals surface area (Å²) in [6.45, 7) is 0.480. The number of carboxylic acid groups (broad SMARTS) is 1. The quantitative estimate of drug-likeness (QED) is 0.915. The zero-order valence-corrected chi connectivity index (χ0v) is 11.2. The van der Waals surface area contributed by atoms with E-state index in [0.29, 0.717) is 16.3 Å². The third kappa shape index (κ3) is 2.81. The number of carbonyl (C=O) groups excluding carboxylic acids is 1. The van der Waals surface area contributed by atoms with Crippen molar-refractivity contribution in [2.45, 2.75) is 13.0 Å². The molecule has 1 saturated heterocycles. The van der Waals surface area contributed by atoms with Crippen molar-refractivity contribution in [3.63, 3.8) is 0 Å². The van der Waals surface area contributed by atoms with Crippen molar-refractivity contribution >= 4 is 23.5 Å². The van der Waals surface area contributed by atoms with Gasteiger partial charge < -0.3 is 14.7 Å². The van der Waals surface area contributed by atoms with E-state index in [9.17, 15) is 9.59 Å². The number of rotatable bonds is 4. The number of hydrogen-bond donors (Lipinski definition) is 1. The smallest absolute Gasteiger partial charge is 0.308 e. The molecule has 19 heavy (non-hydrogen) atoms. The van der Waals surface area contributed by atoms with Crippen molar-refractivity contribution in [2.24, 2.45) is 5.92 Å². The zero-order valence-electron chi connectivity index (χ0n) is 10.4. The standard InChI is InChI=1S/C13H14ClNO4/c1-19-11-4-2-3-10(14)9(11)7-15-6-8(13(17)18)5-12(15)16/h2-4,8H,5-7H2,1H3,(H,17,18). The Hall–Kier alpha value is -1.75. The lowest BCUT2D eigenvalue weighted by Gasteiger charge is -2.18. The fraction of sp³-hybridized carbons (Fsp3) is 0.385. The fourth-order valence-electron chi connectivity index (χ4n) is 2.16. The number of likely N-dealkylation sites (tertiary alicyclic amines) is 1. The van der Waals surface area contributed by atoms with Gasteiger partial charge in [-0.3, -0.25) is 9.59 Å². The molecule has 1 fully saturated rings. The Labute approximate surface area is 115 Å². The lowest BCUT2D eigenvalue weighted by molar-refractivity contribution is -0.141. The first kappa shape index (κ1) is 13.7. The summed E-state index contributed by atoms with van der Waals surface area (Å²) in [7, 11) is 1.53. The van der Waals surface area contributed by atoms with Crippen LogP contribution in [0.1, 0.15) is 12.0 Å². The molecule has 6 heteroatoms. The summed E-state index contributed by atoms with van der Waals surface area (Å²) in [5, 5.41) is 9.45. The van der Waals surface area contributed by atoms with E-state index in [1.807, 2.05) is 0 Å². The molecule has 1 aliphatic heterocycles. The molecular weight excluding hydrogens is 270 g/mol. The summed E-state index contributed by atoms with van der Waals surface area (Å²) in [5.41, 5.74) is 0.700. The molecule has 0 spiro atoms. The number of methoxy groups -OCH3 is 1. The lowest BCUT2D eigenvalue weighted by atomic mass is 10.1. The first-order valence-corrected chi connectivity index (χ1v) is 6.22. The number of aliphatic carboxylic acids is 1. The molecule has 1 atom stereocenters. The second-order valence-electron chi connectivity index (χ2n) is 4.43. The van der Waals surface area contributed by atoms with Gasteiger partial charge in [0.05, 0.1) is 19.6 Å². The highest BCUT2D eigenvalue weighted by Crippen LogP contribution is 2.30. The highest BCUT2D eigenvalue weighted by molar-refractivity contribution is 6.31. The summed E-state index contributed by atoms with van der Waals surface area (Å²) in [5.74, 6) is -1.16. The maximum atomic E-state index is 11.8. The molecule has 102 valence electrons. The predicted octanol–water partition coefficient (Wildman–Crippen LogP) is 1.78. The summed E-state index contributed by atoms with van der Waals surface area (Å²) in [4.78, 5) is 24.2. The third-order valence-electron chi connectivity index (χ3n) is 3.21. The van der Waals surface area contributed by atoms with Gasteiger partial charge in [0.2, 0.25) is 5.91 Å². The van der Waals surface area contributed by atoms with Gasteiger partial charge in [-0.25, -0.2) is 0 Å². The number of halogens is 1. The van der Waals surface area contributed by atoms with Gasteiger partial charge in [-0.2, -0.15) is 0 Å². The molecule has 1 unspecified atom stereocenters. The minimum absolute atomic E-state index is 0.0438. The van der Waals surface area contributed by atoms with Gasteiger partial charge in [0, 0.05) is 23.6 Å². The zero-order chi connectivity index (χ0) is 14.0. The van der Waals surface area contributed by atoms with Crippen molar-refractivity contribution in [1.82, 2.24) is 4.90 Å². The molecule has 1 heterocycles. The van der Waals surface area contributed by atoms with Gasteiger partial charge in [-0.1, -0.05) is 17.7 Å². The Morgan fingerprint density at radius 3 is 2.89 bits per heavy atom. The molecule has 0 aromatic heterocycles. The molecule has 1 aliphatic rings. The van der Waals surface area contributed by atoms with Crippen LogP contribution in [0.3, 0.4) is 0 Å². The normalized spacial score (nSPS) is 18.7. The average molecular weight is 284 g/mol. The summed E-state index contributed by atoms with van der Waals surface area (Å²) in [6.07, 6.45) is 0.0438. The van der Waals surface area contributed by atoms with Crippen LogP contribution in [0.25, 0.3) is 0 Å². The Morgan fingerprint density at radius 1 is 1.58 bits per heavy atom. The highest BCUT2D eigenvalue weighted by Gasteiger charge is 2.34. The van der Waals surface area contributed by atoms with Crippen LogP contribution < -0.4 is 4.74 Å². The maximum Gasteiger partial charge on any atom is 0.308 e. The summed E-state index contributed by atoms with van der Waals surface area (Å²) < 4.78 is 5.21. The number of carbonyl (C=O) groups is 2. The van der Waals surface area contributed by atoms with Crippen molar-refractivity contribution in [1.29, 1.82) is 0 Å². The van der Waals surface area contributed by atoms with Crippen molar-refractivity contribution in [2.75, 3.05) is 13.7 Å². The van der Waals surface area contributed by atoms with Crippen molar-refractivity contribution < 1.29 is 19.4 Å². The number of amides is 1. The van der Waals surface area contributed by atoms with Gasteiger partial charge in [0.15, 0.2) is 0 Å². The van der Waals surface area contributed by atoms with E-state index in [-0.39, 0.29) is 25.4 Å². The predicted molar refractivity (Wildman–Crippen MR) is 69.2 cm³/mol. The molecule has 2 rings (SSSR count).